The van der Waals surface area contributed by atoms with Crippen LogP contribution in [-0.4, -0.2) is 19.0 Å². The second kappa shape index (κ2) is 7.54. The Morgan fingerprint density at radius 1 is 1.00 bits per heavy atom. The van der Waals surface area contributed by atoms with Crippen LogP contribution in [-0.2, 0) is 0 Å². The van der Waals surface area contributed by atoms with Crippen molar-refractivity contribution in [3.8, 4) is 0 Å². The van der Waals surface area contributed by atoms with E-state index in [1.54, 1.807) is 0 Å². The smallest absolute Gasteiger partial charge is 0.0328 e. The Hall–Kier alpha value is 0.430. The molecular weight excluding hydrogens is 139 g/mol. The first-order valence-electron chi connectivity index (χ1n) is 4.49. The van der Waals surface area contributed by atoms with Crippen molar-refractivity contribution in [3.63, 3.8) is 0 Å². The topological polar surface area (TPSA) is 0 Å². The molecule has 0 saturated heterocycles. The molecule has 1 unspecified atom stereocenters. The monoisotopic (exact) mass is 160 g/mol. The molecular formula is C9H21P. The number of hydrogen-bond acceptors (Lipinski definition) is 0. The minimum Gasteiger partial charge on any atom is -0.110 e. The van der Waals surface area contributed by atoms with Gasteiger partial charge >= 0.3 is 0 Å². The largest absolute Gasteiger partial charge is 0.110 e. The first-order valence-corrected chi connectivity index (χ1v) is 6.65. The molecule has 0 amide bonds. The predicted octanol–water partition coefficient (Wildman–Crippen LogP) is 3.70. The molecule has 0 saturated carbocycles. The van der Waals surface area contributed by atoms with Gasteiger partial charge in [0.05, 0.1) is 0 Å². The highest BCUT2D eigenvalue weighted by Gasteiger charge is 1.95. The molecule has 62 valence electrons. The Balaban J connectivity index is 2.89. The van der Waals surface area contributed by atoms with Gasteiger partial charge in [0.15, 0.2) is 0 Å². The highest BCUT2D eigenvalue weighted by molar-refractivity contribution is 7.56. The summed E-state index contributed by atoms with van der Waals surface area (Å²) in [5.74, 6) is 0. The first kappa shape index (κ1) is 10.4. The van der Waals surface area contributed by atoms with Crippen molar-refractivity contribution in [2.24, 2.45) is 0 Å². The van der Waals surface area contributed by atoms with Crippen molar-refractivity contribution in [3.05, 3.63) is 0 Å². The van der Waals surface area contributed by atoms with Crippen molar-refractivity contribution < 1.29 is 0 Å². The van der Waals surface area contributed by atoms with Gasteiger partial charge in [-0.2, -0.15) is 0 Å². The third kappa shape index (κ3) is 6.55. The van der Waals surface area contributed by atoms with Gasteiger partial charge < -0.3 is 0 Å². The Labute approximate surface area is 67.2 Å². The molecule has 0 radical (unpaired) electrons. The maximum atomic E-state index is 2.42. The zero-order valence-corrected chi connectivity index (χ0v) is 8.58. The second-order valence-electron chi connectivity index (χ2n) is 2.96. The molecule has 0 aromatic heterocycles. The van der Waals surface area contributed by atoms with Crippen molar-refractivity contribution >= 4 is 7.92 Å². The van der Waals surface area contributed by atoms with Gasteiger partial charge in [-0.3, -0.25) is 0 Å². The first-order chi connectivity index (χ1) is 4.81. The number of hydrogen-bond donors (Lipinski definition) is 0. The standard InChI is InChI=1S/C9H21P/c1-4-6-7-8-9-10(3)5-2/h4-9H2,1-3H3. The number of rotatable bonds is 6. The van der Waals surface area contributed by atoms with Gasteiger partial charge in [0.25, 0.3) is 0 Å². The Morgan fingerprint density at radius 2 is 1.70 bits per heavy atom. The van der Waals surface area contributed by atoms with Crippen molar-refractivity contribution in [2.75, 3.05) is 19.0 Å². The lowest BCUT2D eigenvalue weighted by atomic mass is 10.2. The normalized spacial score (nSPS) is 13.5. The third-order valence-corrected chi connectivity index (χ3v) is 4.09. The van der Waals surface area contributed by atoms with E-state index < -0.39 is 0 Å². The fourth-order valence-electron chi connectivity index (χ4n) is 0.967. The zero-order valence-electron chi connectivity index (χ0n) is 7.69. The minimum absolute atomic E-state index is 0.405. The third-order valence-electron chi connectivity index (χ3n) is 1.93. The highest BCUT2D eigenvalue weighted by atomic mass is 31.1. The molecule has 0 aliphatic rings. The fraction of sp³-hybridized carbons (Fsp3) is 1.00. The molecule has 0 aliphatic carbocycles. The van der Waals surface area contributed by atoms with Crippen molar-refractivity contribution in [1.82, 2.24) is 0 Å². The van der Waals surface area contributed by atoms with Crippen molar-refractivity contribution in [1.29, 1.82) is 0 Å². The van der Waals surface area contributed by atoms with Gasteiger partial charge in [0.2, 0.25) is 0 Å². The number of unbranched alkanes of at least 4 members (excludes halogenated alkanes) is 3. The lowest BCUT2D eigenvalue weighted by Crippen LogP contribution is -1.85. The maximum absolute atomic E-state index is 2.42. The predicted molar refractivity (Wildman–Crippen MR) is 52.4 cm³/mol. The van der Waals surface area contributed by atoms with E-state index >= 15 is 0 Å². The van der Waals surface area contributed by atoms with Gasteiger partial charge in [0.1, 0.15) is 0 Å². The molecule has 0 bridgehead atoms. The summed E-state index contributed by atoms with van der Waals surface area (Å²) in [7, 11) is 0.405. The molecule has 0 aliphatic heterocycles. The van der Waals surface area contributed by atoms with Crippen LogP contribution >= 0.6 is 7.92 Å². The van der Waals surface area contributed by atoms with Gasteiger partial charge in [-0.1, -0.05) is 33.1 Å². The molecule has 0 aromatic rings. The van der Waals surface area contributed by atoms with Crippen molar-refractivity contribution in [2.45, 2.75) is 39.5 Å². The summed E-state index contributed by atoms with van der Waals surface area (Å²) < 4.78 is 0. The maximum Gasteiger partial charge on any atom is -0.0328 e. The van der Waals surface area contributed by atoms with Crippen LogP contribution in [0.15, 0.2) is 0 Å². The van der Waals surface area contributed by atoms with E-state index in [4.69, 9.17) is 0 Å². The lowest BCUT2D eigenvalue weighted by Gasteiger charge is -2.07. The summed E-state index contributed by atoms with van der Waals surface area (Å²) in [5, 5.41) is 0. The van der Waals surface area contributed by atoms with E-state index in [2.05, 4.69) is 20.5 Å². The molecule has 0 aromatic carbocycles. The zero-order chi connectivity index (χ0) is 7.82. The highest BCUT2D eigenvalue weighted by Crippen LogP contribution is 2.30. The lowest BCUT2D eigenvalue weighted by molar-refractivity contribution is 0.705. The van der Waals surface area contributed by atoms with E-state index in [9.17, 15) is 0 Å². The summed E-state index contributed by atoms with van der Waals surface area (Å²) in [6, 6.07) is 0. The summed E-state index contributed by atoms with van der Waals surface area (Å²) in [6.07, 6.45) is 8.67. The fourth-order valence-corrected chi connectivity index (χ4v) is 2.05. The Kier molecular flexibility index (Phi) is 7.86. The molecule has 1 atom stereocenters. The minimum atomic E-state index is 0.405. The van der Waals surface area contributed by atoms with E-state index in [1.807, 2.05) is 0 Å². The summed E-state index contributed by atoms with van der Waals surface area (Å²) in [6.45, 7) is 7.00. The van der Waals surface area contributed by atoms with Crippen LogP contribution in [0.2, 0.25) is 0 Å². The van der Waals surface area contributed by atoms with Crippen LogP contribution in [0.3, 0.4) is 0 Å². The van der Waals surface area contributed by atoms with Gasteiger partial charge in [-0.15, -0.1) is 7.92 Å². The molecule has 0 spiro atoms. The van der Waals surface area contributed by atoms with Gasteiger partial charge in [0, 0.05) is 0 Å². The van der Waals surface area contributed by atoms with Gasteiger partial charge in [-0.05, 0) is 25.4 Å². The quantitative estimate of drug-likeness (QED) is 0.410. The Bertz CT molecular complexity index is 61.7. The van der Waals surface area contributed by atoms with E-state index in [0.717, 1.165) is 0 Å². The van der Waals surface area contributed by atoms with E-state index in [1.165, 1.54) is 38.0 Å². The van der Waals surface area contributed by atoms with Crippen LogP contribution < -0.4 is 0 Å². The summed E-state index contributed by atoms with van der Waals surface area (Å²) >= 11 is 0. The van der Waals surface area contributed by atoms with Crippen LogP contribution in [0.5, 0.6) is 0 Å². The van der Waals surface area contributed by atoms with E-state index in [0.29, 0.717) is 7.92 Å². The molecule has 1 heteroatoms. The van der Waals surface area contributed by atoms with Crippen LogP contribution in [0.1, 0.15) is 39.5 Å². The average molecular weight is 160 g/mol. The molecule has 0 rings (SSSR count). The van der Waals surface area contributed by atoms with Crippen LogP contribution in [0.25, 0.3) is 0 Å². The van der Waals surface area contributed by atoms with Gasteiger partial charge in [-0.25, -0.2) is 0 Å². The molecule has 10 heavy (non-hydrogen) atoms. The Morgan fingerprint density at radius 3 is 2.20 bits per heavy atom. The summed E-state index contributed by atoms with van der Waals surface area (Å²) in [4.78, 5) is 0. The van der Waals surface area contributed by atoms with Crippen LogP contribution in [0.4, 0.5) is 0 Å². The second-order valence-corrected chi connectivity index (χ2v) is 5.75. The SMILES string of the molecule is CCCCCCP(C)CC. The molecule has 0 fully saturated rings. The summed E-state index contributed by atoms with van der Waals surface area (Å²) in [5.41, 5.74) is 0. The molecule has 0 heterocycles. The van der Waals surface area contributed by atoms with Crippen LogP contribution in [0, 0.1) is 0 Å². The average Bonchev–Trinajstić information content (AvgIpc) is 1.98. The molecule has 0 nitrogen and oxygen atoms in total. The molecule has 0 N–H and O–H groups in total. The van der Waals surface area contributed by atoms with E-state index in [-0.39, 0.29) is 0 Å².